The maximum atomic E-state index is 14.8. The molecule has 2 heterocycles. The molecule has 3 aromatic rings. The van der Waals surface area contributed by atoms with Gasteiger partial charge in [-0.15, -0.1) is 0 Å². The second kappa shape index (κ2) is 9.00. The largest absolute Gasteiger partial charge is 0.491 e. The second-order valence-electron chi connectivity index (χ2n) is 8.42. The van der Waals surface area contributed by atoms with Gasteiger partial charge in [0.25, 0.3) is 0 Å². The number of nitrogens with two attached hydrogens (primary N) is 1. The lowest BCUT2D eigenvalue weighted by Gasteiger charge is -2.18. The van der Waals surface area contributed by atoms with Gasteiger partial charge in [0.1, 0.15) is 17.3 Å². The molecule has 0 unspecified atom stereocenters. The Labute approximate surface area is 186 Å². The van der Waals surface area contributed by atoms with Crippen LogP contribution in [0.1, 0.15) is 30.7 Å². The first-order valence-corrected chi connectivity index (χ1v) is 10.8. The lowest BCUT2D eigenvalue weighted by molar-refractivity contribution is 0.259. The molecule has 8 heteroatoms. The number of anilines is 1. The number of aromatic nitrogens is 2. The molecule has 0 atom stereocenters. The lowest BCUT2D eigenvalue weighted by atomic mass is 10.0. The Hall–Kier alpha value is -3.39. The van der Waals surface area contributed by atoms with Gasteiger partial charge in [0.2, 0.25) is 0 Å². The van der Waals surface area contributed by atoms with Crippen molar-refractivity contribution in [3.8, 4) is 22.7 Å². The van der Waals surface area contributed by atoms with Crippen molar-refractivity contribution in [2.45, 2.75) is 33.7 Å². The lowest BCUT2D eigenvalue weighted by Crippen LogP contribution is -2.23. The third kappa shape index (κ3) is 4.31. The van der Waals surface area contributed by atoms with Crippen molar-refractivity contribution in [2.75, 3.05) is 18.5 Å². The summed E-state index contributed by atoms with van der Waals surface area (Å²) < 4.78 is 22.8. The number of carbonyl (C=O) groups is 1. The first-order valence-electron chi connectivity index (χ1n) is 10.8. The van der Waals surface area contributed by atoms with Crippen LogP contribution in [0.3, 0.4) is 0 Å². The number of hydrogen-bond acceptors (Lipinski definition) is 4. The van der Waals surface area contributed by atoms with E-state index in [1.54, 1.807) is 6.07 Å². The Bertz CT molecular complexity index is 1160. The van der Waals surface area contributed by atoms with Crippen molar-refractivity contribution in [1.82, 2.24) is 15.1 Å². The van der Waals surface area contributed by atoms with Crippen LogP contribution in [0, 0.1) is 18.7 Å². The number of nitrogens with one attached hydrogen (secondary N) is 2. The van der Waals surface area contributed by atoms with Crippen LogP contribution in [0.4, 0.5) is 14.9 Å². The molecule has 4 N–H and O–H groups in total. The number of carbonyl (C=O) groups excluding carboxylic acids is 1. The molecule has 168 valence electrons. The maximum absolute atomic E-state index is 14.8. The van der Waals surface area contributed by atoms with Crippen molar-refractivity contribution in [2.24, 2.45) is 11.7 Å². The zero-order valence-electron chi connectivity index (χ0n) is 18.5. The Balaban J connectivity index is 1.89. The highest BCUT2D eigenvalue weighted by atomic mass is 19.1. The number of ether oxygens (including phenoxy) is 1. The average Bonchev–Trinajstić information content (AvgIpc) is 3.12. The third-order valence-corrected chi connectivity index (χ3v) is 5.39. The van der Waals surface area contributed by atoms with Gasteiger partial charge >= 0.3 is 6.03 Å². The topological polar surface area (TPSA) is 94.2 Å². The third-order valence-electron chi connectivity index (χ3n) is 5.39. The van der Waals surface area contributed by atoms with E-state index in [0.717, 1.165) is 46.9 Å². The van der Waals surface area contributed by atoms with Gasteiger partial charge in [-0.05, 0) is 36.6 Å². The highest BCUT2D eigenvalue weighted by molar-refractivity contribution is 5.88. The monoisotopic (exact) mass is 437 g/mol. The molecule has 2 amide bonds. The number of urea groups is 1. The fourth-order valence-corrected chi connectivity index (χ4v) is 3.93. The molecule has 2 aromatic carbocycles. The minimum Gasteiger partial charge on any atom is -0.491 e. The van der Waals surface area contributed by atoms with Gasteiger partial charge in [-0.3, -0.25) is 0 Å². The zero-order valence-corrected chi connectivity index (χ0v) is 18.5. The number of hydrogen-bond donors (Lipinski definition) is 3. The van der Waals surface area contributed by atoms with Gasteiger partial charge in [-0.25, -0.2) is 13.9 Å². The number of nitrogens with zero attached hydrogens (tertiary/aromatic N) is 2. The van der Waals surface area contributed by atoms with Gasteiger partial charge in [-0.2, -0.15) is 5.10 Å². The van der Waals surface area contributed by atoms with Gasteiger partial charge < -0.3 is 21.1 Å². The minimum absolute atomic E-state index is 0.0381. The summed E-state index contributed by atoms with van der Waals surface area (Å²) in [5.74, 6) is 0.546. The average molecular weight is 438 g/mol. The molecule has 4 rings (SSSR count). The van der Waals surface area contributed by atoms with Crippen molar-refractivity contribution in [3.63, 3.8) is 0 Å². The van der Waals surface area contributed by atoms with E-state index in [9.17, 15) is 9.18 Å². The fraction of sp³-hybridized carbons (Fsp3) is 0.333. The van der Waals surface area contributed by atoms with E-state index in [1.807, 2.05) is 29.8 Å². The maximum Gasteiger partial charge on any atom is 0.316 e. The quantitative estimate of drug-likeness (QED) is 0.540. The molecular formula is C24H28FN5O2. The summed E-state index contributed by atoms with van der Waals surface area (Å²) in [7, 11) is 0. The summed E-state index contributed by atoms with van der Waals surface area (Å²) in [6, 6.07) is 9.79. The number of fused-ring (bicyclic) bond motifs is 1. The molecule has 0 aliphatic carbocycles. The Kier molecular flexibility index (Phi) is 6.14. The van der Waals surface area contributed by atoms with Crippen molar-refractivity contribution in [3.05, 3.63) is 59.0 Å². The predicted octanol–water partition coefficient (Wildman–Crippen LogP) is 4.16. The predicted molar refractivity (Wildman–Crippen MR) is 123 cm³/mol. The molecule has 0 spiro atoms. The van der Waals surface area contributed by atoms with Crippen LogP contribution >= 0.6 is 0 Å². The van der Waals surface area contributed by atoms with Crippen molar-refractivity contribution < 1.29 is 13.9 Å². The SMILES string of the molecule is Cc1cccc(OCC(C)C)c1-n1nc2c(c1-c1ccc(NC(N)=O)c(F)c1)CNCC2. The molecule has 0 bridgehead atoms. The highest BCUT2D eigenvalue weighted by Gasteiger charge is 2.25. The van der Waals surface area contributed by atoms with E-state index in [2.05, 4.69) is 24.5 Å². The molecule has 0 fully saturated rings. The number of para-hydroxylation sites is 1. The summed E-state index contributed by atoms with van der Waals surface area (Å²) >= 11 is 0. The molecule has 7 nitrogen and oxygen atoms in total. The Morgan fingerprint density at radius 3 is 2.88 bits per heavy atom. The minimum atomic E-state index is -0.810. The number of halogens is 1. The molecule has 0 saturated heterocycles. The summed E-state index contributed by atoms with van der Waals surface area (Å²) in [5.41, 5.74) is 10.5. The van der Waals surface area contributed by atoms with Gasteiger partial charge in [0.05, 0.1) is 23.7 Å². The highest BCUT2D eigenvalue weighted by Crippen LogP contribution is 2.36. The van der Waals surface area contributed by atoms with Crippen LogP contribution in [0.15, 0.2) is 36.4 Å². The molecule has 1 aliphatic heterocycles. The van der Waals surface area contributed by atoms with E-state index in [4.69, 9.17) is 15.6 Å². The van der Waals surface area contributed by atoms with Crippen LogP contribution in [0.5, 0.6) is 5.75 Å². The van der Waals surface area contributed by atoms with Gasteiger partial charge in [0, 0.05) is 30.6 Å². The number of rotatable bonds is 6. The molecule has 32 heavy (non-hydrogen) atoms. The molecule has 1 aromatic heterocycles. The first-order chi connectivity index (χ1) is 15.3. The van der Waals surface area contributed by atoms with E-state index >= 15 is 0 Å². The summed E-state index contributed by atoms with van der Waals surface area (Å²) in [5, 5.41) is 10.6. The molecule has 1 aliphatic rings. The van der Waals surface area contributed by atoms with Crippen molar-refractivity contribution in [1.29, 1.82) is 0 Å². The number of amides is 2. The first kappa shape index (κ1) is 21.8. The number of aryl methyl sites for hydroxylation is 1. The Morgan fingerprint density at radius 2 is 2.16 bits per heavy atom. The summed E-state index contributed by atoms with van der Waals surface area (Å²) in [6.45, 7) is 8.27. The standard InChI is InChI=1S/C24H28FN5O2/c1-14(2)13-32-21-6-4-5-15(3)22(21)30-23(17-12-27-10-9-19(17)29-30)16-7-8-20(18(25)11-16)28-24(26)31/h4-8,11,14,27H,9-10,12-13H2,1-3H3,(H3,26,28,31). The van der Waals surface area contributed by atoms with E-state index in [0.29, 0.717) is 24.6 Å². The van der Waals surface area contributed by atoms with Crippen LogP contribution in [-0.4, -0.2) is 29.0 Å². The van der Waals surface area contributed by atoms with Crippen LogP contribution in [-0.2, 0) is 13.0 Å². The van der Waals surface area contributed by atoms with E-state index in [1.165, 1.54) is 12.1 Å². The van der Waals surface area contributed by atoms with Crippen molar-refractivity contribution >= 4 is 11.7 Å². The van der Waals surface area contributed by atoms with E-state index in [-0.39, 0.29) is 5.69 Å². The van der Waals surface area contributed by atoms with Crippen LogP contribution < -0.4 is 21.1 Å². The van der Waals surface area contributed by atoms with E-state index < -0.39 is 11.8 Å². The molecule has 0 radical (unpaired) electrons. The zero-order chi connectivity index (χ0) is 22.8. The number of primary amides is 1. The van der Waals surface area contributed by atoms with Gasteiger partial charge in [-0.1, -0.05) is 32.0 Å². The number of benzene rings is 2. The second-order valence-corrected chi connectivity index (χ2v) is 8.42. The smallest absolute Gasteiger partial charge is 0.316 e. The Morgan fingerprint density at radius 1 is 1.34 bits per heavy atom. The summed E-state index contributed by atoms with van der Waals surface area (Å²) in [4.78, 5) is 11.2. The van der Waals surface area contributed by atoms with Crippen LogP contribution in [0.25, 0.3) is 16.9 Å². The van der Waals surface area contributed by atoms with Crippen LogP contribution in [0.2, 0.25) is 0 Å². The molecule has 0 saturated carbocycles. The normalized spacial score (nSPS) is 13.2. The van der Waals surface area contributed by atoms with Gasteiger partial charge in [0.15, 0.2) is 0 Å². The fourth-order valence-electron chi connectivity index (χ4n) is 3.93. The summed E-state index contributed by atoms with van der Waals surface area (Å²) in [6.07, 6.45) is 0.785. The molecular weight excluding hydrogens is 409 g/mol.